The molecule has 0 saturated carbocycles. The van der Waals surface area contributed by atoms with Crippen molar-refractivity contribution in [2.75, 3.05) is 6.54 Å². The fourth-order valence-electron chi connectivity index (χ4n) is 2.76. The standard InChI is InChI=1S/C17H23N3OS/c1-11-5-6-12(22-11)9-20-8-7-14-13(10-20)15(21)19-16(18-14)17(2,3)4/h5-6H,7-10H2,1-4H3,(H,18,19,21). The van der Waals surface area contributed by atoms with Crippen LogP contribution in [-0.2, 0) is 24.9 Å². The molecule has 1 N–H and O–H groups in total. The van der Waals surface area contributed by atoms with Crippen LogP contribution < -0.4 is 5.56 Å². The summed E-state index contributed by atoms with van der Waals surface area (Å²) in [6.07, 6.45) is 0.854. The minimum Gasteiger partial charge on any atom is -0.310 e. The number of fused-ring (bicyclic) bond motifs is 1. The van der Waals surface area contributed by atoms with Crippen molar-refractivity contribution >= 4 is 11.3 Å². The molecular formula is C17H23N3OS. The third-order valence-corrected chi connectivity index (χ3v) is 5.02. The molecule has 3 rings (SSSR count). The second kappa shape index (κ2) is 5.63. The van der Waals surface area contributed by atoms with E-state index in [0.29, 0.717) is 6.54 Å². The van der Waals surface area contributed by atoms with E-state index in [9.17, 15) is 4.79 Å². The summed E-state index contributed by atoms with van der Waals surface area (Å²) in [6.45, 7) is 10.9. The average Bonchev–Trinajstić information content (AvgIpc) is 2.83. The molecule has 0 saturated heterocycles. The molecule has 0 fully saturated rings. The Bertz CT molecular complexity index is 739. The Kier molecular flexibility index (Phi) is 3.95. The van der Waals surface area contributed by atoms with Gasteiger partial charge >= 0.3 is 0 Å². The maximum Gasteiger partial charge on any atom is 0.255 e. The maximum absolute atomic E-state index is 12.4. The molecule has 0 spiro atoms. The summed E-state index contributed by atoms with van der Waals surface area (Å²) in [5.74, 6) is 0.790. The predicted molar refractivity (Wildman–Crippen MR) is 90.4 cm³/mol. The predicted octanol–water partition coefficient (Wildman–Crippen LogP) is 3.00. The minimum atomic E-state index is -0.125. The number of H-pyrrole nitrogens is 1. The molecule has 3 heterocycles. The zero-order valence-electron chi connectivity index (χ0n) is 13.7. The van der Waals surface area contributed by atoms with Gasteiger partial charge in [-0.25, -0.2) is 4.98 Å². The Morgan fingerprint density at radius 2 is 2.14 bits per heavy atom. The van der Waals surface area contributed by atoms with Crippen LogP contribution in [0.2, 0.25) is 0 Å². The summed E-state index contributed by atoms with van der Waals surface area (Å²) in [5, 5.41) is 0. The summed E-state index contributed by atoms with van der Waals surface area (Å²) in [7, 11) is 0. The van der Waals surface area contributed by atoms with Crippen LogP contribution in [-0.4, -0.2) is 21.4 Å². The van der Waals surface area contributed by atoms with Crippen LogP contribution in [0.5, 0.6) is 0 Å². The number of aromatic nitrogens is 2. The Morgan fingerprint density at radius 1 is 1.36 bits per heavy atom. The summed E-state index contributed by atoms with van der Waals surface area (Å²) >= 11 is 1.83. The molecule has 1 aliphatic heterocycles. The number of hydrogen-bond donors (Lipinski definition) is 1. The Hall–Kier alpha value is -1.46. The van der Waals surface area contributed by atoms with Gasteiger partial charge in [-0.05, 0) is 19.1 Å². The van der Waals surface area contributed by atoms with Crippen LogP contribution >= 0.6 is 11.3 Å². The molecule has 0 aliphatic carbocycles. The van der Waals surface area contributed by atoms with Crippen LogP contribution in [0.25, 0.3) is 0 Å². The molecule has 0 radical (unpaired) electrons. The topological polar surface area (TPSA) is 49.0 Å². The van der Waals surface area contributed by atoms with Crippen molar-refractivity contribution < 1.29 is 0 Å². The van der Waals surface area contributed by atoms with E-state index in [0.717, 1.165) is 36.6 Å². The normalized spacial score (nSPS) is 15.8. The van der Waals surface area contributed by atoms with Crippen molar-refractivity contribution in [3.05, 3.63) is 49.3 Å². The third-order valence-electron chi connectivity index (χ3n) is 4.03. The van der Waals surface area contributed by atoms with Gasteiger partial charge in [0.1, 0.15) is 5.82 Å². The first-order valence-corrected chi connectivity index (χ1v) is 8.55. The van der Waals surface area contributed by atoms with E-state index in [1.165, 1.54) is 9.75 Å². The molecule has 118 valence electrons. The highest BCUT2D eigenvalue weighted by Gasteiger charge is 2.24. The first-order valence-electron chi connectivity index (χ1n) is 7.73. The number of aromatic amines is 1. The van der Waals surface area contributed by atoms with Gasteiger partial charge in [0.25, 0.3) is 5.56 Å². The van der Waals surface area contributed by atoms with E-state index >= 15 is 0 Å². The molecule has 1 aliphatic rings. The van der Waals surface area contributed by atoms with Gasteiger partial charge in [-0.1, -0.05) is 20.8 Å². The smallest absolute Gasteiger partial charge is 0.255 e. The lowest BCUT2D eigenvalue weighted by atomic mass is 9.95. The van der Waals surface area contributed by atoms with E-state index in [2.05, 4.69) is 49.7 Å². The number of nitrogens with zero attached hydrogens (tertiary/aromatic N) is 2. The van der Waals surface area contributed by atoms with Crippen LogP contribution in [0.3, 0.4) is 0 Å². The van der Waals surface area contributed by atoms with Crippen molar-refractivity contribution in [2.24, 2.45) is 0 Å². The molecule has 0 unspecified atom stereocenters. The van der Waals surface area contributed by atoms with E-state index in [1.54, 1.807) is 0 Å². The average molecular weight is 317 g/mol. The van der Waals surface area contributed by atoms with Crippen LogP contribution in [0.1, 0.15) is 47.6 Å². The largest absolute Gasteiger partial charge is 0.310 e. The summed E-state index contributed by atoms with van der Waals surface area (Å²) in [5.41, 5.74) is 1.72. The van der Waals surface area contributed by atoms with E-state index in [-0.39, 0.29) is 11.0 Å². The summed E-state index contributed by atoms with van der Waals surface area (Å²) in [4.78, 5) is 25.1. The molecule has 4 nitrogen and oxygen atoms in total. The molecule has 5 heteroatoms. The van der Waals surface area contributed by atoms with Crippen LogP contribution in [0.4, 0.5) is 0 Å². The van der Waals surface area contributed by atoms with Crippen molar-refractivity contribution in [1.29, 1.82) is 0 Å². The zero-order valence-corrected chi connectivity index (χ0v) is 14.5. The van der Waals surface area contributed by atoms with E-state index < -0.39 is 0 Å². The lowest BCUT2D eigenvalue weighted by Crippen LogP contribution is -2.36. The molecule has 0 amide bonds. The van der Waals surface area contributed by atoms with Crippen molar-refractivity contribution in [1.82, 2.24) is 14.9 Å². The van der Waals surface area contributed by atoms with Gasteiger partial charge in [-0.2, -0.15) is 0 Å². The lowest BCUT2D eigenvalue weighted by Gasteiger charge is -2.28. The summed E-state index contributed by atoms with van der Waals surface area (Å²) in [6, 6.07) is 4.34. The van der Waals surface area contributed by atoms with Crippen LogP contribution in [0, 0.1) is 6.92 Å². The van der Waals surface area contributed by atoms with E-state index in [4.69, 9.17) is 4.98 Å². The fourth-order valence-corrected chi connectivity index (χ4v) is 3.69. The lowest BCUT2D eigenvalue weighted by molar-refractivity contribution is 0.243. The van der Waals surface area contributed by atoms with Gasteiger partial charge in [0.15, 0.2) is 0 Å². The fraction of sp³-hybridized carbons (Fsp3) is 0.529. The molecule has 0 aromatic carbocycles. The van der Waals surface area contributed by atoms with Crippen molar-refractivity contribution in [3.63, 3.8) is 0 Å². The van der Waals surface area contributed by atoms with Gasteiger partial charge < -0.3 is 4.98 Å². The SMILES string of the molecule is Cc1ccc(CN2CCc3nc(C(C)(C)C)[nH]c(=O)c3C2)s1. The van der Waals surface area contributed by atoms with Gasteiger partial charge in [-0.15, -0.1) is 11.3 Å². The first-order chi connectivity index (χ1) is 10.3. The highest BCUT2D eigenvalue weighted by Crippen LogP contribution is 2.23. The minimum absolute atomic E-state index is 0.0296. The van der Waals surface area contributed by atoms with Crippen molar-refractivity contribution in [3.8, 4) is 0 Å². The third kappa shape index (κ3) is 3.15. The number of nitrogens with one attached hydrogen (secondary N) is 1. The highest BCUT2D eigenvalue weighted by molar-refractivity contribution is 7.11. The van der Waals surface area contributed by atoms with Crippen LogP contribution in [0.15, 0.2) is 16.9 Å². The molecule has 0 bridgehead atoms. The quantitative estimate of drug-likeness (QED) is 0.926. The second-order valence-corrected chi connectivity index (χ2v) is 8.44. The molecular weight excluding hydrogens is 294 g/mol. The molecule has 2 aromatic heterocycles. The maximum atomic E-state index is 12.4. The number of rotatable bonds is 2. The Morgan fingerprint density at radius 3 is 2.77 bits per heavy atom. The zero-order chi connectivity index (χ0) is 15.9. The molecule has 22 heavy (non-hydrogen) atoms. The van der Waals surface area contributed by atoms with Gasteiger partial charge in [0.2, 0.25) is 0 Å². The molecule has 0 atom stereocenters. The van der Waals surface area contributed by atoms with Gasteiger partial charge in [0, 0.05) is 41.2 Å². The second-order valence-electron chi connectivity index (χ2n) is 7.06. The number of aryl methyl sites for hydroxylation is 1. The summed E-state index contributed by atoms with van der Waals surface area (Å²) < 4.78 is 0. The van der Waals surface area contributed by atoms with E-state index in [1.807, 2.05) is 11.3 Å². The molecule has 2 aromatic rings. The Balaban J connectivity index is 1.83. The van der Waals surface area contributed by atoms with Gasteiger partial charge in [-0.3, -0.25) is 9.69 Å². The number of thiophene rings is 1. The first kappa shape index (κ1) is 15.4. The number of hydrogen-bond acceptors (Lipinski definition) is 4. The monoisotopic (exact) mass is 317 g/mol. The van der Waals surface area contributed by atoms with Gasteiger partial charge in [0.05, 0.1) is 11.3 Å². The highest BCUT2D eigenvalue weighted by atomic mass is 32.1. The Labute approximate surface area is 135 Å². The van der Waals surface area contributed by atoms with Crippen molar-refractivity contribution in [2.45, 2.75) is 52.6 Å².